The third-order valence-corrected chi connectivity index (χ3v) is 5.02. The molecular formula is C22H22N4O5. The number of hydrogen-bond donors (Lipinski definition) is 2. The molecule has 4 amide bonds. The molecule has 0 saturated carbocycles. The zero-order valence-electron chi connectivity index (χ0n) is 17.0. The standard InChI is InChI=1S/C22H22N4O5/c1-13(27)17(8-9-18(23)28)26-21(30)16-7-4-5-14(20(16)22(26)31)12-25-19(29)11-15-6-2-3-10-24-15/h2-7,10,17H,8-9,11-12H2,1H3,(H2,23,28)(H,25,29). The molecule has 2 heterocycles. The fraction of sp³-hybridized carbons (Fsp3) is 0.273. The van der Waals surface area contributed by atoms with E-state index in [1.54, 1.807) is 36.5 Å². The van der Waals surface area contributed by atoms with E-state index in [-0.39, 0.29) is 42.8 Å². The van der Waals surface area contributed by atoms with E-state index in [0.29, 0.717) is 11.3 Å². The Bertz CT molecular complexity index is 1050. The Morgan fingerprint density at radius 3 is 2.52 bits per heavy atom. The minimum absolute atomic E-state index is 0.0354. The van der Waals surface area contributed by atoms with Gasteiger partial charge in [0.1, 0.15) is 0 Å². The third kappa shape index (κ3) is 4.82. The molecule has 1 aromatic heterocycles. The molecule has 3 N–H and O–H groups in total. The maximum atomic E-state index is 13.1. The molecule has 0 saturated heterocycles. The zero-order chi connectivity index (χ0) is 22.5. The van der Waals surface area contributed by atoms with Crippen LogP contribution in [0.3, 0.4) is 0 Å². The van der Waals surface area contributed by atoms with Crippen LogP contribution in [0.1, 0.15) is 51.7 Å². The van der Waals surface area contributed by atoms with Crippen molar-refractivity contribution in [2.45, 2.75) is 38.8 Å². The molecule has 1 aromatic carbocycles. The van der Waals surface area contributed by atoms with Gasteiger partial charge in [-0.1, -0.05) is 18.2 Å². The van der Waals surface area contributed by atoms with Crippen LogP contribution in [-0.4, -0.2) is 45.3 Å². The Morgan fingerprint density at radius 2 is 1.87 bits per heavy atom. The lowest BCUT2D eigenvalue weighted by Gasteiger charge is -2.23. The highest BCUT2D eigenvalue weighted by Gasteiger charge is 2.42. The van der Waals surface area contributed by atoms with Gasteiger partial charge in [0.25, 0.3) is 11.8 Å². The summed E-state index contributed by atoms with van der Waals surface area (Å²) in [5.41, 5.74) is 6.53. The lowest BCUT2D eigenvalue weighted by Crippen LogP contribution is -2.44. The molecule has 0 bridgehead atoms. The Hall–Kier alpha value is -3.88. The second-order valence-electron chi connectivity index (χ2n) is 7.23. The molecule has 1 unspecified atom stereocenters. The van der Waals surface area contributed by atoms with Crippen LogP contribution in [0, 0.1) is 0 Å². The van der Waals surface area contributed by atoms with E-state index in [2.05, 4.69) is 10.3 Å². The van der Waals surface area contributed by atoms with Crippen LogP contribution in [-0.2, 0) is 27.3 Å². The second kappa shape index (κ2) is 9.29. The van der Waals surface area contributed by atoms with E-state index in [1.807, 2.05) is 0 Å². The number of pyridine rings is 1. The monoisotopic (exact) mass is 422 g/mol. The first-order valence-electron chi connectivity index (χ1n) is 9.74. The summed E-state index contributed by atoms with van der Waals surface area (Å²) in [6, 6.07) is 8.93. The van der Waals surface area contributed by atoms with Gasteiger partial charge in [-0.2, -0.15) is 0 Å². The highest BCUT2D eigenvalue weighted by Crippen LogP contribution is 2.29. The number of nitrogens with two attached hydrogens (primary N) is 1. The molecule has 160 valence electrons. The molecule has 31 heavy (non-hydrogen) atoms. The van der Waals surface area contributed by atoms with Crippen molar-refractivity contribution in [3.05, 3.63) is 65.0 Å². The summed E-state index contributed by atoms with van der Waals surface area (Å²) >= 11 is 0. The quantitative estimate of drug-likeness (QED) is 0.572. The van der Waals surface area contributed by atoms with Gasteiger partial charge in [0, 0.05) is 24.9 Å². The van der Waals surface area contributed by atoms with E-state index in [1.165, 1.54) is 13.0 Å². The lowest BCUT2D eigenvalue weighted by molar-refractivity contribution is -0.122. The number of Topliss-reactive ketones (excluding diaryl/α,β-unsaturated/α-hetero) is 1. The van der Waals surface area contributed by atoms with Gasteiger partial charge in [-0.05, 0) is 37.1 Å². The molecule has 2 aromatic rings. The highest BCUT2D eigenvalue weighted by atomic mass is 16.2. The summed E-state index contributed by atoms with van der Waals surface area (Å²) in [7, 11) is 0. The normalized spacial score (nSPS) is 13.6. The molecule has 0 radical (unpaired) electrons. The average Bonchev–Trinajstić information content (AvgIpc) is 2.98. The largest absolute Gasteiger partial charge is 0.370 e. The number of nitrogens with one attached hydrogen (secondary N) is 1. The summed E-state index contributed by atoms with van der Waals surface area (Å²) in [5, 5.41) is 2.73. The van der Waals surface area contributed by atoms with Crippen molar-refractivity contribution in [1.29, 1.82) is 0 Å². The van der Waals surface area contributed by atoms with Crippen molar-refractivity contribution in [2.24, 2.45) is 5.73 Å². The third-order valence-electron chi connectivity index (χ3n) is 5.02. The van der Waals surface area contributed by atoms with E-state index >= 15 is 0 Å². The smallest absolute Gasteiger partial charge is 0.262 e. The van der Waals surface area contributed by atoms with E-state index in [4.69, 9.17) is 5.73 Å². The van der Waals surface area contributed by atoms with Gasteiger partial charge in [0.05, 0.1) is 23.6 Å². The molecule has 9 heteroatoms. The van der Waals surface area contributed by atoms with Gasteiger partial charge in [0.2, 0.25) is 11.8 Å². The predicted molar refractivity (Wildman–Crippen MR) is 110 cm³/mol. The van der Waals surface area contributed by atoms with Crippen LogP contribution >= 0.6 is 0 Å². The molecule has 3 rings (SSSR count). The molecule has 0 fully saturated rings. The number of aromatic nitrogens is 1. The number of fused-ring (bicyclic) bond motifs is 1. The predicted octanol–water partition coefficient (Wildman–Crippen LogP) is 0.760. The van der Waals surface area contributed by atoms with Gasteiger partial charge >= 0.3 is 0 Å². The first-order chi connectivity index (χ1) is 14.8. The zero-order valence-corrected chi connectivity index (χ0v) is 17.0. The van der Waals surface area contributed by atoms with Crippen LogP contribution in [0.4, 0.5) is 0 Å². The molecule has 0 spiro atoms. The van der Waals surface area contributed by atoms with Crippen molar-refractivity contribution in [3.63, 3.8) is 0 Å². The number of rotatable bonds is 9. The van der Waals surface area contributed by atoms with Crippen LogP contribution < -0.4 is 11.1 Å². The van der Waals surface area contributed by atoms with Gasteiger partial charge < -0.3 is 11.1 Å². The first-order valence-corrected chi connectivity index (χ1v) is 9.74. The lowest BCUT2D eigenvalue weighted by atomic mass is 10.0. The Balaban J connectivity index is 1.78. The molecular weight excluding hydrogens is 400 g/mol. The summed E-state index contributed by atoms with van der Waals surface area (Å²) < 4.78 is 0. The van der Waals surface area contributed by atoms with Gasteiger partial charge in [0.15, 0.2) is 5.78 Å². The van der Waals surface area contributed by atoms with Crippen LogP contribution in [0.15, 0.2) is 42.6 Å². The van der Waals surface area contributed by atoms with Gasteiger partial charge in [-0.25, -0.2) is 0 Å². The Morgan fingerprint density at radius 1 is 1.10 bits per heavy atom. The van der Waals surface area contributed by atoms with Crippen molar-refractivity contribution in [3.8, 4) is 0 Å². The Kier molecular flexibility index (Phi) is 6.54. The number of imide groups is 1. The van der Waals surface area contributed by atoms with Crippen molar-refractivity contribution >= 4 is 29.4 Å². The first kappa shape index (κ1) is 21.8. The highest BCUT2D eigenvalue weighted by molar-refractivity contribution is 6.23. The fourth-order valence-corrected chi connectivity index (χ4v) is 3.52. The van der Waals surface area contributed by atoms with Gasteiger partial charge in [-0.15, -0.1) is 0 Å². The number of amides is 4. The van der Waals surface area contributed by atoms with Gasteiger partial charge in [-0.3, -0.25) is 33.9 Å². The average molecular weight is 422 g/mol. The van der Waals surface area contributed by atoms with Crippen LogP contribution in [0.2, 0.25) is 0 Å². The van der Waals surface area contributed by atoms with Crippen LogP contribution in [0.5, 0.6) is 0 Å². The maximum absolute atomic E-state index is 13.1. The van der Waals surface area contributed by atoms with E-state index in [0.717, 1.165) is 4.90 Å². The summed E-state index contributed by atoms with van der Waals surface area (Å²) in [4.78, 5) is 66.4. The number of hydrogen-bond acceptors (Lipinski definition) is 6. The number of ketones is 1. The number of benzene rings is 1. The summed E-state index contributed by atoms with van der Waals surface area (Å²) in [6.07, 6.45) is 1.50. The van der Waals surface area contributed by atoms with Crippen LogP contribution in [0.25, 0.3) is 0 Å². The van der Waals surface area contributed by atoms with Crippen molar-refractivity contribution in [1.82, 2.24) is 15.2 Å². The Labute approximate surface area is 178 Å². The summed E-state index contributed by atoms with van der Waals surface area (Å²) in [5.74, 6) is -2.56. The minimum Gasteiger partial charge on any atom is -0.370 e. The molecule has 1 atom stereocenters. The molecule has 9 nitrogen and oxygen atoms in total. The maximum Gasteiger partial charge on any atom is 0.262 e. The number of carbonyl (C=O) groups is 5. The number of nitrogens with zero attached hydrogens (tertiary/aromatic N) is 2. The summed E-state index contributed by atoms with van der Waals surface area (Å²) in [6.45, 7) is 1.29. The molecule has 1 aliphatic heterocycles. The van der Waals surface area contributed by atoms with E-state index in [9.17, 15) is 24.0 Å². The number of carbonyl (C=O) groups excluding carboxylic acids is 5. The topological polar surface area (TPSA) is 140 Å². The fourth-order valence-electron chi connectivity index (χ4n) is 3.52. The minimum atomic E-state index is -1.08. The second-order valence-corrected chi connectivity index (χ2v) is 7.23. The van der Waals surface area contributed by atoms with Crippen molar-refractivity contribution in [2.75, 3.05) is 0 Å². The molecule has 0 aliphatic carbocycles. The molecule has 1 aliphatic rings. The SMILES string of the molecule is CC(=O)C(CCC(N)=O)N1C(=O)c2cccc(CNC(=O)Cc3ccccn3)c2C1=O. The number of primary amides is 1. The van der Waals surface area contributed by atoms with E-state index < -0.39 is 29.5 Å². The van der Waals surface area contributed by atoms with Crippen molar-refractivity contribution < 1.29 is 24.0 Å².